The lowest BCUT2D eigenvalue weighted by atomic mass is 9.96. The van der Waals surface area contributed by atoms with Gasteiger partial charge in [0.05, 0.1) is 12.3 Å². The Bertz CT molecular complexity index is 653. The Kier molecular flexibility index (Phi) is 7.38. The molecular weight excluding hydrogens is 343 g/mol. The maximum atomic E-state index is 13.1. The van der Waals surface area contributed by atoms with Crippen LogP contribution < -0.4 is 10.0 Å². The van der Waals surface area contributed by atoms with Crippen LogP contribution in [0, 0.1) is 5.82 Å². The SMILES string of the molecule is CS(=O)(=O)NC(CC(=O)NC1CCCCCCC1)c1ccc(F)cc1. The van der Waals surface area contributed by atoms with E-state index in [0.717, 1.165) is 31.9 Å². The van der Waals surface area contributed by atoms with E-state index in [0.29, 0.717) is 5.56 Å². The van der Waals surface area contributed by atoms with E-state index in [-0.39, 0.29) is 18.4 Å². The second-order valence-electron chi connectivity index (χ2n) is 6.81. The Balaban J connectivity index is 2.01. The number of carbonyl (C=O) groups excluding carboxylic acids is 1. The lowest BCUT2D eigenvalue weighted by Gasteiger charge is -2.23. The third-order valence-corrected chi connectivity index (χ3v) is 5.20. The molecule has 7 heteroatoms. The van der Waals surface area contributed by atoms with Crippen molar-refractivity contribution < 1.29 is 17.6 Å². The number of nitrogens with one attached hydrogen (secondary N) is 2. The molecule has 1 saturated carbocycles. The minimum Gasteiger partial charge on any atom is -0.353 e. The van der Waals surface area contributed by atoms with Gasteiger partial charge in [0.2, 0.25) is 15.9 Å². The predicted octanol–water partition coefficient (Wildman–Crippen LogP) is 3.04. The summed E-state index contributed by atoms with van der Waals surface area (Å²) in [6.45, 7) is 0. The molecule has 25 heavy (non-hydrogen) atoms. The van der Waals surface area contributed by atoms with Gasteiger partial charge in [0.1, 0.15) is 5.82 Å². The molecule has 5 nitrogen and oxygen atoms in total. The van der Waals surface area contributed by atoms with Gasteiger partial charge in [-0.3, -0.25) is 4.79 Å². The maximum Gasteiger partial charge on any atom is 0.222 e. The molecule has 0 radical (unpaired) electrons. The molecular formula is C18H27FN2O3S. The van der Waals surface area contributed by atoms with Gasteiger partial charge < -0.3 is 5.32 Å². The van der Waals surface area contributed by atoms with E-state index in [1.165, 1.54) is 43.5 Å². The molecule has 1 amide bonds. The first-order chi connectivity index (χ1) is 11.8. The normalized spacial score (nSPS) is 18.2. The highest BCUT2D eigenvalue weighted by atomic mass is 32.2. The number of hydrogen-bond acceptors (Lipinski definition) is 3. The van der Waals surface area contributed by atoms with E-state index in [1.807, 2.05) is 0 Å². The molecule has 1 atom stereocenters. The van der Waals surface area contributed by atoms with Crippen LogP contribution in [0.1, 0.15) is 63.0 Å². The van der Waals surface area contributed by atoms with Gasteiger partial charge in [-0.05, 0) is 30.5 Å². The topological polar surface area (TPSA) is 75.3 Å². The monoisotopic (exact) mass is 370 g/mol. The molecule has 1 aromatic carbocycles. The van der Waals surface area contributed by atoms with Crippen LogP contribution in [0.15, 0.2) is 24.3 Å². The zero-order chi connectivity index (χ0) is 18.3. The van der Waals surface area contributed by atoms with Crippen molar-refractivity contribution in [3.05, 3.63) is 35.6 Å². The molecule has 0 aliphatic heterocycles. The first-order valence-corrected chi connectivity index (χ1v) is 10.7. The number of hydrogen-bond donors (Lipinski definition) is 2. The highest BCUT2D eigenvalue weighted by Crippen LogP contribution is 2.20. The standard InChI is InChI=1S/C18H27FN2O3S/c1-25(23,24)21-17(14-9-11-15(19)12-10-14)13-18(22)20-16-7-5-3-2-4-6-8-16/h9-12,16-17,21H,2-8,13H2,1H3,(H,20,22). The minimum atomic E-state index is -3.49. The summed E-state index contributed by atoms with van der Waals surface area (Å²) < 4.78 is 38.8. The van der Waals surface area contributed by atoms with Crippen LogP contribution in [0.4, 0.5) is 4.39 Å². The largest absolute Gasteiger partial charge is 0.353 e. The van der Waals surface area contributed by atoms with Crippen molar-refractivity contribution in [3.8, 4) is 0 Å². The third kappa shape index (κ3) is 7.52. The number of sulfonamides is 1. The van der Waals surface area contributed by atoms with Gasteiger partial charge >= 0.3 is 0 Å². The second kappa shape index (κ2) is 9.29. The molecule has 140 valence electrons. The van der Waals surface area contributed by atoms with Crippen LogP contribution in [0.2, 0.25) is 0 Å². The highest BCUT2D eigenvalue weighted by Gasteiger charge is 2.22. The molecule has 1 unspecified atom stereocenters. The van der Waals surface area contributed by atoms with Crippen molar-refractivity contribution in [3.63, 3.8) is 0 Å². The van der Waals surface area contributed by atoms with E-state index in [2.05, 4.69) is 10.0 Å². The molecule has 2 N–H and O–H groups in total. The Morgan fingerprint density at radius 1 is 1.12 bits per heavy atom. The van der Waals surface area contributed by atoms with Crippen LogP contribution in [-0.4, -0.2) is 26.6 Å². The number of halogens is 1. The summed E-state index contributed by atoms with van der Waals surface area (Å²) >= 11 is 0. The average Bonchev–Trinajstić information content (AvgIpc) is 2.48. The van der Waals surface area contributed by atoms with Crippen molar-refractivity contribution in [2.45, 2.75) is 63.5 Å². The zero-order valence-electron chi connectivity index (χ0n) is 14.6. The number of amides is 1. The van der Waals surface area contributed by atoms with E-state index in [4.69, 9.17) is 0 Å². The van der Waals surface area contributed by atoms with E-state index in [1.54, 1.807) is 0 Å². The maximum absolute atomic E-state index is 13.1. The molecule has 0 heterocycles. The van der Waals surface area contributed by atoms with Crippen LogP contribution in [-0.2, 0) is 14.8 Å². The summed E-state index contributed by atoms with van der Waals surface area (Å²) in [6.07, 6.45) is 8.83. The number of rotatable bonds is 6. The van der Waals surface area contributed by atoms with Crippen molar-refractivity contribution in [1.29, 1.82) is 0 Å². The third-order valence-electron chi connectivity index (χ3n) is 4.49. The van der Waals surface area contributed by atoms with Gasteiger partial charge in [0, 0.05) is 12.5 Å². The van der Waals surface area contributed by atoms with Crippen LogP contribution in [0.3, 0.4) is 0 Å². The zero-order valence-corrected chi connectivity index (χ0v) is 15.4. The van der Waals surface area contributed by atoms with Gasteiger partial charge in [-0.2, -0.15) is 0 Å². The number of carbonyl (C=O) groups is 1. The molecule has 2 rings (SSSR count). The Morgan fingerprint density at radius 3 is 2.24 bits per heavy atom. The van der Waals surface area contributed by atoms with Crippen LogP contribution in [0.5, 0.6) is 0 Å². The molecule has 0 spiro atoms. The van der Waals surface area contributed by atoms with Gasteiger partial charge in [-0.25, -0.2) is 17.5 Å². The van der Waals surface area contributed by atoms with Crippen LogP contribution >= 0.6 is 0 Å². The van der Waals surface area contributed by atoms with Crippen molar-refractivity contribution in [2.75, 3.05) is 6.26 Å². The molecule has 0 saturated heterocycles. The van der Waals surface area contributed by atoms with Gasteiger partial charge in [-0.15, -0.1) is 0 Å². The van der Waals surface area contributed by atoms with Gasteiger partial charge in [0.25, 0.3) is 0 Å². The summed E-state index contributed by atoms with van der Waals surface area (Å²) in [5, 5.41) is 3.04. The Hall–Kier alpha value is -1.47. The molecule has 1 aliphatic carbocycles. The van der Waals surface area contributed by atoms with Crippen molar-refractivity contribution in [2.24, 2.45) is 0 Å². The predicted molar refractivity (Wildman–Crippen MR) is 96.0 cm³/mol. The molecule has 0 aromatic heterocycles. The molecule has 0 bridgehead atoms. The molecule has 1 fully saturated rings. The summed E-state index contributed by atoms with van der Waals surface area (Å²) in [5.74, 6) is -0.586. The van der Waals surface area contributed by atoms with Crippen LogP contribution in [0.25, 0.3) is 0 Å². The van der Waals surface area contributed by atoms with E-state index < -0.39 is 21.9 Å². The molecule has 1 aromatic rings. The minimum absolute atomic E-state index is 0.00476. The first kappa shape index (κ1) is 19.8. The number of benzene rings is 1. The molecule has 1 aliphatic rings. The highest BCUT2D eigenvalue weighted by molar-refractivity contribution is 7.88. The summed E-state index contributed by atoms with van der Waals surface area (Å²) in [6, 6.07) is 4.98. The fourth-order valence-electron chi connectivity index (χ4n) is 3.25. The van der Waals surface area contributed by atoms with E-state index in [9.17, 15) is 17.6 Å². The summed E-state index contributed by atoms with van der Waals surface area (Å²) in [4.78, 5) is 12.4. The average molecular weight is 370 g/mol. The smallest absolute Gasteiger partial charge is 0.222 e. The second-order valence-corrected chi connectivity index (χ2v) is 8.59. The first-order valence-electron chi connectivity index (χ1n) is 8.85. The van der Waals surface area contributed by atoms with E-state index >= 15 is 0 Å². The Morgan fingerprint density at radius 2 is 1.68 bits per heavy atom. The fourth-order valence-corrected chi connectivity index (χ4v) is 3.99. The van der Waals surface area contributed by atoms with Gasteiger partial charge in [0.15, 0.2) is 0 Å². The van der Waals surface area contributed by atoms with Crippen molar-refractivity contribution >= 4 is 15.9 Å². The lowest BCUT2D eigenvalue weighted by Crippen LogP contribution is -2.38. The van der Waals surface area contributed by atoms with Gasteiger partial charge in [-0.1, -0.05) is 44.2 Å². The van der Waals surface area contributed by atoms with Crippen molar-refractivity contribution in [1.82, 2.24) is 10.0 Å². The Labute approximate surface area is 149 Å². The fraction of sp³-hybridized carbons (Fsp3) is 0.611. The lowest BCUT2D eigenvalue weighted by molar-refractivity contribution is -0.122. The quantitative estimate of drug-likeness (QED) is 0.808. The summed E-state index contributed by atoms with van der Waals surface area (Å²) in [7, 11) is -3.49. The summed E-state index contributed by atoms with van der Waals surface area (Å²) in [5.41, 5.74) is 0.569.